The first-order chi connectivity index (χ1) is 16.5. The van der Waals surface area contributed by atoms with Crippen LogP contribution in [0.15, 0.2) is 17.1 Å². The predicted octanol–water partition coefficient (Wildman–Crippen LogP) is -0.410. The Labute approximate surface area is 198 Å². The summed E-state index contributed by atoms with van der Waals surface area (Å²) < 4.78 is 80.3. The summed E-state index contributed by atoms with van der Waals surface area (Å²) >= 11 is 0. The molecule has 1 aliphatic heterocycles. The molecule has 0 spiro atoms. The minimum Gasteiger partial charge on any atom is -0.386 e. The Bertz CT molecular complexity index is 1420. The van der Waals surface area contributed by atoms with Gasteiger partial charge in [0.05, 0.1) is 12.0 Å². The molecule has 6 atom stereocenters. The zero-order valence-corrected chi connectivity index (χ0v) is 20.1. The van der Waals surface area contributed by atoms with Gasteiger partial charge in [-0.2, -0.15) is 13.6 Å². The highest BCUT2D eigenvalue weighted by atomic mass is 31.3. The minimum absolute atomic E-state index is 0.0835. The number of anilines is 1. The van der Waals surface area contributed by atoms with Gasteiger partial charge in [0.15, 0.2) is 11.9 Å². The third-order valence-electron chi connectivity index (χ3n) is 4.46. The van der Waals surface area contributed by atoms with Crippen LogP contribution in [0.1, 0.15) is 6.23 Å². The lowest BCUT2D eigenvalue weighted by molar-refractivity contribution is -0.0493. The number of ether oxygens (including phenoxy) is 1. The number of phosphoric ester groups is 1. The van der Waals surface area contributed by atoms with Crippen molar-refractivity contribution in [3.8, 4) is 11.8 Å². The lowest BCUT2D eigenvalue weighted by Crippen LogP contribution is -2.42. The van der Waals surface area contributed by atoms with E-state index >= 15 is 4.39 Å². The highest BCUT2D eigenvalue weighted by molar-refractivity contribution is 7.66. The van der Waals surface area contributed by atoms with Crippen molar-refractivity contribution in [2.45, 2.75) is 24.1 Å². The Morgan fingerprint density at radius 2 is 1.92 bits per heavy atom. The summed E-state index contributed by atoms with van der Waals surface area (Å²) in [6, 6.07) is 1.19. The van der Waals surface area contributed by atoms with E-state index < -0.39 is 66.4 Å². The second-order valence-electron chi connectivity index (χ2n) is 6.97. The van der Waals surface area contributed by atoms with Crippen LogP contribution in [0, 0.1) is 11.8 Å². The molecule has 22 heteroatoms. The third-order valence-corrected chi connectivity index (χ3v) is 8.27. The molecule has 3 rings (SSSR count). The number of nitrogens with one attached hydrogen (secondary N) is 1. The summed E-state index contributed by atoms with van der Waals surface area (Å²) in [5, 5.41) is 10.4. The fourth-order valence-corrected chi connectivity index (χ4v) is 6.21. The predicted molar refractivity (Wildman–Crippen MR) is 112 cm³/mol. The van der Waals surface area contributed by atoms with E-state index in [1.807, 2.05) is 5.92 Å². The molecule has 36 heavy (non-hydrogen) atoms. The van der Waals surface area contributed by atoms with Gasteiger partial charge in [0.2, 0.25) is 11.6 Å². The molecule has 2 aromatic heterocycles. The highest BCUT2D eigenvalue weighted by Gasteiger charge is 2.58. The number of hydrogen-bond acceptors (Lipinski definition) is 11. The van der Waals surface area contributed by atoms with E-state index in [0.29, 0.717) is 0 Å². The quantitative estimate of drug-likeness (QED) is 0.155. The molecule has 0 aromatic carbocycles. The van der Waals surface area contributed by atoms with Gasteiger partial charge in [0.25, 0.3) is 5.56 Å². The SMILES string of the molecule is Nc1nc2c(ccn2[C@@H]2O[C@H](COP(=O)(O)OP(=O)(O)OP(=O)(O)O)[C@H](O)C2(F)C#CCF)c(=O)[nH]1. The number of nitrogens with two attached hydrogens (primary N) is 1. The van der Waals surface area contributed by atoms with Crippen molar-refractivity contribution in [3.63, 3.8) is 0 Å². The molecule has 0 aliphatic carbocycles. The standard InChI is InChI=1S/C14H17F2N4O13P3/c15-4-1-3-14(16)9(21)8(6-30-35(26,27)33-36(28,29)32-34(23,24)25)31-12(14)20-5-2-7-10(20)18-13(17)19-11(7)22/h2,5,8-9,12,21H,4,6H2,(H,26,27)(H,28,29)(H2,23,24,25)(H3,17,18,19,22)/t8-,9+,12-,14?/m1/s1. The van der Waals surface area contributed by atoms with Crippen LogP contribution >= 0.6 is 23.5 Å². The number of nitrogens with zero attached hydrogens (tertiary/aromatic N) is 2. The Morgan fingerprint density at radius 3 is 2.53 bits per heavy atom. The summed E-state index contributed by atoms with van der Waals surface area (Å²) in [6.07, 6.45) is -5.03. The molecule has 1 aliphatic rings. The number of fused-ring (bicyclic) bond motifs is 1. The molecule has 2 aromatic rings. The van der Waals surface area contributed by atoms with Crippen LogP contribution in [0.2, 0.25) is 0 Å². The lowest BCUT2D eigenvalue weighted by Gasteiger charge is -2.24. The molecule has 1 saturated heterocycles. The van der Waals surface area contributed by atoms with Crippen LogP contribution in [-0.2, 0) is 31.6 Å². The molecule has 0 amide bonds. The molecule has 3 heterocycles. The Hall–Kier alpha value is -2.03. The number of aromatic nitrogens is 3. The van der Waals surface area contributed by atoms with Gasteiger partial charge < -0.3 is 39.7 Å². The van der Waals surface area contributed by atoms with Crippen LogP contribution in [-0.4, -0.2) is 70.4 Å². The second kappa shape index (κ2) is 10.0. The van der Waals surface area contributed by atoms with E-state index in [1.54, 1.807) is 5.92 Å². The number of aliphatic hydroxyl groups excluding tert-OH is 1. The lowest BCUT2D eigenvalue weighted by atomic mass is 9.96. The summed E-state index contributed by atoms with van der Waals surface area (Å²) in [5.41, 5.74) is 1.44. The zero-order valence-electron chi connectivity index (χ0n) is 17.4. The molecule has 0 bridgehead atoms. The first-order valence-corrected chi connectivity index (χ1v) is 13.7. The smallest absolute Gasteiger partial charge is 0.386 e. The summed E-state index contributed by atoms with van der Waals surface area (Å²) in [7, 11) is -17.1. The molecular formula is C14H17F2N4O13P3. The Morgan fingerprint density at radius 1 is 1.25 bits per heavy atom. The van der Waals surface area contributed by atoms with Gasteiger partial charge in [-0.15, -0.1) is 0 Å². The van der Waals surface area contributed by atoms with Crippen LogP contribution in [0.4, 0.5) is 14.7 Å². The van der Waals surface area contributed by atoms with Crippen molar-refractivity contribution >= 4 is 40.4 Å². The van der Waals surface area contributed by atoms with Gasteiger partial charge in [-0.05, 0) is 6.07 Å². The van der Waals surface area contributed by atoms with Gasteiger partial charge in [0.1, 0.15) is 18.9 Å². The average molecular weight is 580 g/mol. The normalized spacial score (nSPS) is 27.8. The van der Waals surface area contributed by atoms with E-state index in [4.69, 9.17) is 20.3 Å². The largest absolute Gasteiger partial charge is 0.490 e. The van der Waals surface area contributed by atoms with Crippen molar-refractivity contribution in [1.82, 2.24) is 14.5 Å². The summed E-state index contributed by atoms with van der Waals surface area (Å²) in [6.45, 7) is -2.58. The fraction of sp³-hybridized carbons (Fsp3) is 0.429. The van der Waals surface area contributed by atoms with Gasteiger partial charge in [0, 0.05) is 6.20 Å². The Kier molecular flexibility index (Phi) is 7.95. The Balaban J connectivity index is 1.89. The third kappa shape index (κ3) is 6.26. The molecular weight excluding hydrogens is 563 g/mol. The van der Waals surface area contributed by atoms with Crippen LogP contribution in [0.3, 0.4) is 0 Å². The molecule has 0 radical (unpaired) electrons. The number of hydrogen-bond donors (Lipinski definition) is 7. The molecule has 8 N–H and O–H groups in total. The highest BCUT2D eigenvalue weighted by Crippen LogP contribution is 2.66. The van der Waals surface area contributed by atoms with Gasteiger partial charge in [-0.25, -0.2) is 22.5 Å². The number of phosphoric acid groups is 3. The van der Waals surface area contributed by atoms with Gasteiger partial charge >= 0.3 is 23.5 Å². The fourth-order valence-electron chi connectivity index (χ4n) is 3.18. The molecule has 17 nitrogen and oxygen atoms in total. The van der Waals surface area contributed by atoms with Crippen LogP contribution < -0.4 is 11.3 Å². The number of rotatable bonds is 8. The first-order valence-electron chi connectivity index (χ1n) is 9.21. The maximum Gasteiger partial charge on any atom is 0.490 e. The molecule has 0 saturated carbocycles. The zero-order chi connectivity index (χ0) is 27.1. The molecule has 200 valence electrons. The van der Waals surface area contributed by atoms with Crippen LogP contribution in [0.5, 0.6) is 0 Å². The number of H-pyrrole nitrogens is 1. The maximum atomic E-state index is 15.9. The summed E-state index contributed by atoms with van der Waals surface area (Å²) in [4.78, 5) is 54.0. The molecule has 3 unspecified atom stereocenters. The van der Waals surface area contributed by atoms with Crippen molar-refractivity contribution in [2.75, 3.05) is 19.0 Å². The average Bonchev–Trinajstić information content (AvgIpc) is 3.22. The van der Waals surface area contributed by atoms with E-state index in [-0.39, 0.29) is 17.0 Å². The topological polar surface area (TPSA) is 266 Å². The summed E-state index contributed by atoms with van der Waals surface area (Å²) in [5.74, 6) is 3.25. The maximum absolute atomic E-state index is 15.9. The van der Waals surface area contributed by atoms with E-state index in [0.717, 1.165) is 10.8 Å². The second-order valence-corrected chi connectivity index (χ2v) is 11.4. The van der Waals surface area contributed by atoms with Gasteiger partial charge in [-0.1, -0.05) is 11.8 Å². The van der Waals surface area contributed by atoms with Crippen molar-refractivity contribution in [1.29, 1.82) is 0 Å². The number of alkyl halides is 2. The molecule has 1 fully saturated rings. The monoisotopic (exact) mass is 580 g/mol. The van der Waals surface area contributed by atoms with Crippen molar-refractivity contribution in [2.24, 2.45) is 0 Å². The number of halogens is 2. The first kappa shape index (κ1) is 28.5. The van der Waals surface area contributed by atoms with Crippen molar-refractivity contribution < 1.29 is 65.0 Å². The number of aromatic amines is 1. The van der Waals surface area contributed by atoms with E-state index in [9.17, 15) is 37.8 Å². The number of nitrogen functional groups attached to an aromatic ring is 1. The van der Waals surface area contributed by atoms with E-state index in [2.05, 4.69) is 23.1 Å². The van der Waals surface area contributed by atoms with Crippen LogP contribution in [0.25, 0.3) is 11.0 Å². The minimum atomic E-state index is -5.84. The van der Waals surface area contributed by atoms with E-state index in [1.165, 1.54) is 6.07 Å². The number of aliphatic hydroxyl groups is 1. The van der Waals surface area contributed by atoms with Crippen molar-refractivity contribution in [3.05, 3.63) is 22.6 Å². The van der Waals surface area contributed by atoms with Gasteiger partial charge in [-0.3, -0.25) is 14.3 Å².